The summed E-state index contributed by atoms with van der Waals surface area (Å²) in [6, 6.07) is 12.5. The van der Waals surface area contributed by atoms with Crippen LogP contribution in [0, 0.1) is 6.92 Å². The molecule has 1 heterocycles. The van der Waals surface area contributed by atoms with Gasteiger partial charge in [0.15, 0.2) is 0 Å². The first-order chi connectivity index (χ1) is 14.0. The van der Waals surface area contributed by atoms with Gasteiger partial charge in [-0.05, 0) is 30.7 Å². The lowest BCUT2D eigenvalue weighted by atomic mass is 10.1. The van der Waals surface area contributed by atoms with E-state index in [2.05, 4.69) is 15.6 Å². The number of benzene rings is 1. The molecule has 0 bridgehead atoms. The van der Waals surface area contributed by atoms with Gasteiger partial charge in [-0.25, -0.2) is 4.98 Å². The number of rotatable bonds is 10. The topological polar surface area (TPSA) is 101 Å². The lowest BCUT2D eigenvalue weighted by Gasteiger charge is -2.24. The Morgan fingerprint density at radius 2 is 1.79 bits per heavy atom. The SMILES string of the molecule is COCCNC(=O)CN(C(=O)CCC(=O)Nc1ccccn1)c1ccccc1C. The molecule has 8 nitrogen and oxygen atoms in total. The fourth-order valence-corrected chi connectivity index (χ4v) is 2.66. The summed E-state index contributed by atoms with van der Waals surface area (Å²) in [5.41, 5.74) is 1.51. The van der Waals surface area contributed by atoms with Crippen molar-refractivity contribution < 1.29 is 19.1 Å². The molecule has 154 valence electrons. The predicted octanol–water partition coefficient (Wildman–Crippen LogP) is 1.90. The van der Waals surface area contributed by atoms with E-state index in [1.165, 1.54) is 4.90 Å². The molecule has 2 aromatic rings. The van der Waals surface area contributed by atoms with Gasteiger partial charge in [0.25, 0.3) is 0 Å². The number of carbonyl (C=O) groups excluding carboxylic acids is 3. The van der Waals surface area contributed by atoms with E-state index in [0.29, 0.717) is 24.7 Å². The summed E-state index contributed by atoms with van der Waals surface area (Å²) in [4.78, 5) is 42.6. The number of nitrogens with zero attached hydrogens (tertiary/aromatic N) is 2. The molecule has 29 heavy (non-hydrogen) atoms. The zero-order valence-electron chi connectivity index (χ0n) is 16.7. The molecule has 0 saturated carbocycles. The zero-order valence-corrected chi connectivity index (χ0v) is 16.7. The van der Waals surface area contributed by atoms with Gasteiger partial charge < -0.3 is 20.3 Å². The maximum Gasteiger partial charge on any atom is 0.240 e. The third-order valence-electron chi connectivity index (χ3n) is 4.14. The highest BCUT2D eigenvalue weighted by atomic mass is 16.5. The number of hydrogen-bond donors (Lipinski definition) is 2. The molecule has 0 saturated heterocycles. The quantitative estimate of drug-likeness (QED) is 0.596. The van der Waals surface area contributed by atoms with Crippen molar-refractivity contribution in [1.29, 1.82) is 0 Å². The molecule has 0 atom stereocenters. The van der Waals surface area contributed by atoms with Crippen LogP contribution < -0.4 is 15.5 Å². The number of hydrogen-bond acceptors (Lipinski definition) is 5. The van der Waals surface area contributed by atoms with E-state index in [0.717, 1.165) is 5.56 Å². The average molecular weight is 398 g/mol. The normalized spacial score (nSPS) is 10.3. The maximum atomic E-state index is 12.8. The van der Waals surface area contributed by atoms with E-state index in [-0.39, 0.29) is 37.1 Å². The Hall–Kier alpha value is -3.26. The van der Waals surface area contributed by atoms with E-state index in [9.17, 15) is 14.4 Å². The van der Waals surface area contributed by atoms with Gasteiger partial charge in [0.05, 0.1) is 6.61 Å². The number of ether oxygens (including phenoxy) is 1. The van der Waals surface area contributed by atoms with Crippen LogP contribution >= 0.6 is 0 Å². The monoisotopic (exact) mass is 398 g/mol. The van der Waals surface area contributed by atoms with Crippen molar-refractivity contribution in [2.45, 2.75) is 19.8 Å². The molecule has 2 N–H and O–H groups in total. The molecule has 1 aromatic heterocycles. The maximum absolute atomic E-state index is 12.8. The minimum atomic E-state index is -0.314. The molecule has 8 heteroatoms. The molecule has 0 spiro atoms. The molecule has 0 aliphatic heterocycles. The van der Waals surface area contributed by atoms with Crippen LogP contribution in [0.5, 0.6) is 0 Å². The van der Waals surface area contributed by atoms with E-state index in [4.69, 9.17) is 4.74 Å². The minimum absolute atomic E-state index is 0.0108. The lowest BCUT2D eigenvalue weighted by Crippen LogP contribution is -2.42. The first-order valence-electron chi connectivity index (χ1n) is 9.33. The summed E-state index contributed by atoms with van der Waals surface area (Å²) in [6.45, 7) is 2.48. The van der Waals surface area contributed by atoms with E-state index < -0.39 is 0 Å². The zero-order chi connectivity index (χ0) is 21.1. The largest absolute Gasteiger partial charge is 0.383 e. The highest BCUT2D eigenvalue weighted by Crippen LogP contribution is 2.20. The number of aromatic nitrogens is 1. The molecular weight excluding hydrogens is 372 g/mol. The molecule has 0 fully saturated rings. The van der Waals surface area contributed by atoms with E-state index in [1.807, 2.05) is 19.1 Å². The lowest BCUT2D eigenvalue weighted by molar-refractivity contribution is -0.125. The molecule has 2 rings (SSSR count). The van der Waals surface area contributed by atoms with Gasteiger partial charge in [0.2, 0.25) is 17.7 Å². The number of amides is 3. The van der Waals surface area contributed by atoms with Crippen LogP contribution in [0.2, 0.25) is 0 Å². The number of carbonyl (C=O) groups is 3. The van der Waals surface area contributed by atoms with Gasteiger partial charge in [-0.2, -0.15) is 0 Å². The summed E-state index contributed by atoms with van der Waals surface area (Å²) >= 11 is 0. The van der Waals surface area contributed by atoms with Crippen LogP contribution in [0.1, 0.15) is 18.4 Å². The van der Waals surface area contributed by atoms with Crippen molar-refractivity contribution in [3.63, 3.8) is 0 Å². The standard InChI is InChI=1S/C21H26N4O4/c1-16-7-3-4-8-17(16)25(15-20(27)23-13-14-29-2)21(28)11-10-19(26)24-18-9-5-6-12-22-18/h3-9,12H,10-11,13-15H2,1-2H3,(H,23,27)(H,22,24,26). The minimum Gasteiger partial charge on any atom is -0.383 e. The van der Waals surface area contributed by atoms with Crippen LogP contribution in [0.25, 0.3) is 0 Å². The fourth-order valence-electron chi connectivity index (χ4n) is 2.66. The van der Waals surface area contributed by atoms with Gasteiger partial charge in [0, 0.05) is 38.4 Å². The number of pyridine rings is 1. The van der Waals surface area contributed by atoms with Gasteiger partial charge in [-0.3, -0.25) is 14.4 Å². The molecule has 3 amide bonds. The summed E-state index contributed by atoms with van der Waals surface area (Å²) in [6.07, 6.45) is 1.53. The smallest absolute Gasteiger partial charge is 0.240 e. The molecular formula is C21H26N4O4. The molecule has 0 aliphatic rings. The first-order valence-corrected chi connectivity index (χ1v) is 9.33. The second-order valence-corrected chi connectivity index (χ2v) is 6.37. The Kier molecular flexibility index (Phi) is 8.78. The van der Waals surface area contributed by atoms with Gasteiger partial charge >= 0.3 is 0 Å². The van der Waals surface area contributed by atoms with Gasteiger partial charge in [0.1, 0.15) is 12.4 Å². The third-order valence-corrected chi connectivity index (χ3v) is 4.14. The Bertz CT molecular complexity index is 826. The van der Waals surface area contributed by atoms with Crippen molar-refractivity contribution in [2.24, 2.45) is 0 Å². The van der Waals surface area contributed by atoms with Crippen molar-refractivity contribution in [2.75, 3.05) is 37.0 Å². The number of methoxy groups -OCH3 is 1. The fraction of sp³-hybridized carbons (Fsp3) is 0.333. The van der Waals surface area contributed by atoms with E-state index >= 15 is 0 Å². The molecule has 1 aromatic carbocycles. The van der Waals surface area contributed by atoms with Crippen molar-refractivity contribution >= 4 is 29.2 Å². The Labute approximate surface area is 170 Å². The Morgan fingerprint density at radius 3 is 2.48 bits per heavy atom. The Balaban J connectivity index is 2.01. The molecule has 0 unspecified atom stereocenters. The summed E-state index contributed by atoms with van der Waals surface area (Å²) in [5.74, 6) is -0.487. The average Bonchev–Trinajstić information content (AvgIpc) is 2.72. The van der Waals surface area contributed by atoms with Crippen molar-refractivity contribution in [1.82, 2.24) is 10.3 Å². The third kappa shape index (κ3) is 7.34. The molecule has 0 aliphatic carbocycles. The van der Waals surface area contributed by atoms with Crippen LogP contribution in [-0.4, -0.2) is 49.5 Å². The molecule has 0 radical (unpaired) electrons. The number of anilines is 2. The van der Waals surface area contributed by atoms with Gasteiger partial charge in [-0.15, -0.1) is 0 Å². The Morgan fingerprint density at radius 1 is 1.03 bits per heavy atom. The second kappa shape index (κ2) is 11.6. The highest BCUT2D eigenvalue weighted by molar-refractivity contribution is 6.01. The van der Waals surface area contributed by atoms with Crippen LogP contribution in [0.3, 0.4) is 0 Å². The number of para-hydroxylation sites is 1. The van der Waals surface area contributed by atoms with Crippen LogP contribution in [0.15, 0.2) is 48.7 Å². The summed E-state index contributed by atoms with van der Waals surface area (Å²) in [7, 11) is 1.55. The summed E-state index contributed by atoms with van der Waals surface area (Å²) in [5, 5.41) is 5.36. The predicted molar refractivity (Wildman–Crippen MR) is 111 cm³/mol. The first kappa shape index (κ1) is 22.0. The second-order valence-electron chi connectivity index (χ2n) is 6.37. The number of nitrogens with one attached hydrogen (secondary N) is 2. The highest BCUT2D eigenvalue weighted by Gasteiger charge is 2.21. The van der Waals surface area contributed by atoms with E-state index in [1.54, 1.807) is 43.6 Å². The summed E-state index contributed by atoms with van der Waals surface area (Å²) < 4.78 is 4.92. The van der Waals surface area contributed by atoms with Crippen molar-refractivity contribution in [3.8, 4) is 0 Å². The van der Waals surface area contributed by atoms with Crippen LogP contribution in [0.4, 0.5) is 11.5 Å². The number of aryl methyl sites for hydroxylation is 1. The van der Waals surface area contributed by atoms with Crippen molar-refractivity contribution in [3.05, 3.63) is 54.2 Å². The van der Waals surface area contributed by atoms with Gasteiger partial charge in [-0.1, -0.05) is 24.3 Å². The van der Waals surface area contributed by atoms with Crippen LogP contribution in [-0.2, 0) is 19.1 Å².